The van der Waals surface area contributed by atoms with E-state index in [9.17, 15) is 9.90 Å². The molecule has 0 aliphatic carbocycles. The van der Waals surface area contributed by atoms with E-state index in [-0.39, 0.29) is 11.8 Å². The number of phenolic OH excluding ortho intramolecular Hbond substituents is 1. The van der Waals surface area contributed by atoms with Crippen LogP contribution in [-0.4, -0.2) is 28.5 Å². The molecule has 5 heteroatoms. The van der Waals surface area contributed by atoms with Gasteiger partial charge >= 0.3 is 6.03 Å². The number of phenols is 1. The zero-order valence-electron chi connectivity index (χ0n) is 15.6. The molecule has 0 aliphatic heterocycles. The highest BCUT2D eigenvalue weighted by Crippen LogP contribution is 2.21. The molecule has 1 aromatic rings. The topological polar surface area (TPSA) is 66.6 Å². The van der Waals surface area contributed by atoms with Gasteiger partial charge in [0, 0.05) is 11.4 Å². The fourth-order valence-electron chi connectivity index (χ4n) is 2.72. The van der Waals surface area contributed by atoms with E-state index in [1.165, 1.54) is 51.4 Å². The summed E-state index contributed by atoms with van der Waals surface area (Å²) < 4.78 is 0. The standard InChI is InChI=1S/C20H34N2O2S/c1-2-3-4-5-6-7-8-9-10-11-16-22(20(21)24)17-25-19-14-12-18(23)13-15-19/h12-15,23H,2-11,16-17H2,1H3,(H2,21,24). The number of benzene rings is 1. The Morgan fingerprint density at radius 3 is 2.00 bits per heavy atom. The van der Waals surface area contributed by atoms with Gasteiger partial charge in [0.25, 0.3) is 0 Å². The summed E-state index contributed by atoms with van der Waals surface area (Å²) in [4.78, 5) is 14.3. The Morgan fingerprint density at radius 1 is 0.960 bits per heavy atom. The van der Waals surface area contributed by atoms with E-state index in [2.05, 4.69) is 6.92 Å². The van der Waals surface area contributed by atoms with Gasteiger partial charge in [-0.15, -0.1) is 11.8 Å². The highest BCUT2D eigenvalue weighted by Gasteiger charge is 2.09. The molecular formula is C20H34N2O2S. The van der Waals surface area contributed by atoms with E-state index >= 15 is 0 Å². The van der Waals surface area contributed by atoms with Gasteiger partial charge in [-0.2, -0.15) is 0 Å². The molecule has 0 spiro atoms. The molecule has 0 aliphatic rings. The molecule has 0 saturated heterocycles. The number of hydrogen-bond donors (Lipinski definition) is 2. The molecule has 25 heavy (non-hydrogen) atoms. The first-order chi connectivity index (χ1) is 12.1. The van der Waals surface area contributed by atoms with Crippen molar-refractivity contribution >= 4 is 17.8 Å². The molecule has 0 heterocycles. The van der Waals surface area contributed by atoms with Crippen LogP contribution >= 0.6 is 11.8 Å². The van der Waals surface area contributed by atoms with E-state index in [0.717, 1.165) is 24.3 Å². The highest BCUT2D eigenvalue weighted by molar-refractivity contribution is 7.99. The molecule has 142 valence electrons. The highest BCUT2D eigenvalue weighted by atomic mass is 32.2. The molecule has 0 aromatic heterocycles. The zero-order chi connectivity index (χ0) is 18.3. The molecule has 0 atom stereocenters. The van der Waals surface area contributed by atoms with Crippen LogP contribution in [0.3, 0.4) is 0 Å². The van der Waals surface area contributed by atoms with Crippen LogP contribution in [0.15, 0.2) is 29.2 Å². The number of urea groups is 1. The van der Waals surface area contributed by atoms with Crippen molar-refractivity contribution in [2.24, 2.45) is 5.73 Å². The number of rotatable bonds is 14. The smallest absolute Gasteiger partial charge is 0.315 e. The molecule has 1 rings (SSSR count). The van der Waals surface area contributed by atoms with E-state index in [1.54, 1.807) is 28.8 Å². The monoisotopic (exact) mass is 366 g/mol. The number of thioether (sulfide) groups is 1. The number of nitrogens with two attached hydrogens (primary N) is 1. The minimum Gasteiger partial charge on any atom is -0.508 e. The molecule has 0 radical (unpaired) electrons. The van der Waals surface area contributed by atoms with E-state index < -0.39 is 0 Å². The van der Waals surface area contributed by atoms with Crippen LogP contribution in [0.2, 0.25) is 0 Å². The van der Waals surface area contributed by atoms with E-state index in [4.69, 9.17) is 5.73 Å². The van der Waals surface area contributed by atoms with Crippen molar-refractivity contribution in [3.8, 4) is 5.75 Å². The van der Waals surface area contributed by atoms with Crippen molar-refractivity contribution in [1.29, 1.82) is 0 Å². The average Bonchev–Trinajstić information content (AvgIpc) is 2.60. The summed E-state index contributed by atoms with van der Waals surface area (Å²) in [7, 11) is 0. The Hall–Kier alpha value is -1.36. The lowest BCUT2D eigenvalue weighted by molar-refractivity contribution is 0.215. The summed E-state index contributed by atoms with van der Waals surface area (Å²) in [6.07, 6.45) is 12.8. The predicted molar refractivity (Wildman–Crippen MR) is 107 cm³/mol. The summed E-state index contributed by atoms with van der Waals surface area (Å²) in [6.45, 7) is 2.97. The van der Waals surface area contributed by atoms with Crippen molar-refractivity contribution in [1.82, 2.24) is 4.90 Å². The first-order valence-electron chi connectivity index (χ1n) is 9.59. The second kappa shape index (κ2) is 13.9. The Kier molecular flexibility index (Phi) is 12.0. The Morgan fingerprint density at radius 2 is 1.48 bits per heavy atom. The molecule has 0 saturated carbocycles. The zero-order valence-corrected chi connectivity index (χ0v) is 16.4. The number of nitrogens with zero attached hydrogens (tertiary/aromatic N) is 1. The number of amides is 2. The summed E-state index contributed by atoms with van der Waals surface area (Å²) in [5.74, 6) is 0.804. The minimum atomic E-state index is -0.359. The van der Waals surface area contributed by atoms with Gasteiger partial charge in [0.05, 0.1) is 5.88 Å². The van der Waals surface area contributed by atoms with Crippen LogP contribution in [0.5, 0.6) is 5.75 Å². The number of carbonyl (C=O) groups excluding carboxylic acids is 1. The normalized spacial score (nSPS) is 10.8. The van der Waals surface area contributed by atoms with Crippen LogP contribution in [0.25, 0.3) is 0 Å². The van der Waals surface area contributed by atoms with E-state index in [1.807, 2.05) is 12.1 Å². The van der Waals surface area contributed by atoms with Crippen LogP contribution in [-0.2, 0) is 0 Å². The second-order valence-electron chi connectivity index (χ2n) is 6.55. The molecule has 0 unspecified atom stereocenters. The molecule has 1 aromatic carbocycles. The van der Waals surface area contributed by atoms with Crippen molar-refractivity contribution in [3.05, 3.63) is 24.3 Å². The predicted octanol–water partition coefficient (Wildman–Crippen LogP) is 5.74. The van der Waals surface area contributed by atoms with Gasteiger partial charge in [0.1, 0.15) is 5.75 Å². The van der Waals surface area contributed by atoms with Crippen molar-refractivity contribution in [2.75, 3.05) is 12.4 Å². The lowest BCUT2D eigenvalue weighted by Crippen LogP contribution is -2.36. The summed E-state index contributed by atoms with van der Waals surface area (Å²) in [6, 6.07) is 6.64. The summed E-state index contributed by atoms with van der Waals surface area (Å²) in [5.41, 5.74) is 5.48. The van der Waals surface area contributed by atoms with Gasteiger partial charge in [0.2, 0.25) is 0 Å². The number of hydrogen-bond acceptors (Lipinski definition) is 3. The molecule has 4 nitrogen and oxygen atoms in total. The van der Waals surface area contributed by atoms with Crippen molar-refractivity contribution in [3.63, 3.8) is 0 Å². The fraction of sp³-hybridized carbons (Fsp3) is 0.650. The molecular weight excluding hydrogens is 332 g/mol. The number of carbonyl (C=O) groups is 1. The Labute approximate surface area is 157 Å². The Balaban J connectivity index is 2.09. The third-order valence-corrected chi connectivity index (χ3v) is 5.36. The maximum absolute atomic E-state index is 11.6. The van der Waals surface area contributed by atoms with Crippen LogP contribution in [0.4, 0.5) is 4.79 Å². The fourth-order valence-corrected chi connectivity index (χ4v) is 3.61. The lowest BCUT2D eigenvalue weighted by atomic mass is 10.1. The SMILES string of the molecule is CCCCCCCCCCCCN(CSc1ccc(O)cc1)C(N)=O. The van der Waals surface area contributed by atoms with Gasteiger partial charge < -0.3 is 15.7 Å². The lowest BCUT2D eigenvalue weighted by Gasteiger charge is -2.19. The van der Waals surface area contributed by atoms with Crippen LogP contribution < -0.4 is 5.73 Å². The third-order valence-electron chi connectivity index (χ3n) is 4.32. The molecule has 3 N–H and O–H groups in total. The maximum Gasteiger partial charge on any atom is 0.315 e. The van der Waals surface area contributed by atoms with Gasteiger partial charge in [-0.3, -0.25) is 0 Å². The number of aromatic hydroxyl groups is 1. The van der Waals surface area contributed by atoms with Crippen LogP contribution in [0, 0.1) is 0 Å². The van der Waals surface area contributed by atoms with Gasteiger partial charge in [-0.05, 0) is 30.7 Å². The van der Waals surface area contributed by atoms with Crippen molar-refractivity contribution < 1.29 is 9.90 Å². The maximum atomic E-state index is 11.6. The van der Waals surface area contributed by atoms with Gasteiger partial charge in [0.15, 0.2) is 0 Å². The first kappa shape index (κ1) is 21.7. The first-order valence-corrected chi connectivity index (χ1v) is 10.6. The average molecular weight is 367 g/mol. The number of unbranched alkanes of at least 4 members (excludes halogenated alkanes) is 9. The quantitative estimate of drug-likeness (QED) is 0.250. The minimum absolute atomic E-state index is 0.251. The molecule has 0 fully saturated rings. The second-order valence-corrected chi connectivity index (χ2v) is 7.57. The molecule has 0 bridgehead atoms. The summed E-state index contributed by atoms with van der Waals surface area (Å²) >= 11 is 1.56. The van der Waals surface area contributed by atoms with E-state index in [0.29, 0.717) is 5.88 Å². The van der Waals surface area contributed by atoms with Crippen LogP contribution in [0.1, 0.15) is 71.1 Å². The van der Waals surface area contributed by atoms with Gasteiger partial charge in [-0.1, -0.05) is 64.7 Å². The summed E-state index contributed by atoms with van der Waals surface area (Å²) in [5, 5.41) is 9.29. The Bertz CT molecular complexity index is 465. The third kappa shape index (κ3) is 11.0. The van der Waals surface area contributed by atoms with Crippen molar-refractivity contribution in [2.45, 2.75) is 76.0 Å². The molecule has 2 amide bonds. The number of primary amides is 1. The van der Waals surface area contributed by atoms with Gasteiger partial charge in [-0.25, -0.2) is 4.79 Å². The largest absolute Gasteiger partial charge is 0.508 e.